The lowest BCUT2D eigenvalue weighted by molar-refractivity contribution is 0.380. The molecule has 0 aliphatic carbocycles. The second-order valence-electron chi connectivity index (χ2n) is 4.53. The molecule has 0 unspecified atom stereocenters. The number of benzene rings is 1. The van der Waals surface area contributed by atoms with Crippen LogP contribution in [0.4, 0.5) is 5.69 Å². The Balaban J connectivity index is 1.93. The Bertz CT molecular complexity index is 486. The lowest BCUT2D eigenvalue weighted by Gasteiger charge is -2.36. The van der Waals surface area contributed by atoms with Crippen LogP contribution in [-0.4, -0.2) is 50.1 Å². The number of nitrogens with one attached hydrogen (secondary N) is 1. The summed E-state index contributed by atoms with van der Waals surface area (Å²) >= 11 is 0. The van der Waals surface area contributed by atoms with Gasteiger partial charge in [0, 0.05) is 31.9 Å². The van der Waals surface area contributed by atoms with Gasteiger partial charge in [-0.25, -0.2) is 0 Å². The Morgan fingerprint density at radius 3 is 2.25 bits per heavy atom. The first kappa shape index (κ1) is 14.0. The van der Waals surface area contributed by atoms with Gasteiger partial charge in [0.2, 0.25) is 5.96 Å². The van der Waals surface area contributed by atoms with Crippen molar-refractivity contribution in [2.75, 3.05) is 38.2 Å². The average Bonchev–Trinajstić information content (AvgIpc) is 2.47. The standard InChI is InChI=1S/C13H20N6O/c1-20-11-4-2-10(3-5-11)18-6-8-19(9-7-18)13(16)17-12(14)15/h2-5H,6-9H2,1H3,(H5,14,15,16,17). The van der Waals surface area contributed by atoms with Crippen molar-refractivity contribution in [1.29, 1.82) is 5.41 Å². The largest absolute Gasteiger partial charge is 0.497 e. The van der Waals surface area contributed by atoms with Crippen molar-refractivity contribution in [2.24, 2.45) is 16.5 Å². The molecule has 0 atom stereocenters. The number of hydrogen-bond donors (Lipinski definition) is 3. The van der Waals surface area contributed by atoms with Gasteiger partial charge >= 0.3 is 0 Å². The minimum Gasteiger partial charge on any atom is -0.497 e. The molecule has 1 fully saturated rings. The zero-order valence-electron chi connectivity index (χ0n) is 11.5. The molecular formula is C13H20N6O. The van der Waals surface area contributed by atoms with Gasteiger partial charge in [-0.15, -0.1) is 0 Å². The monoisotopic (exact) mass is 276 g/mol. The fraction of sp³-hybridized carbons (Fsp3) is 0.385. The molecule has 5 N–H and O–H groups in total. The van der Waals surface area contributed by atoms with Crippen LogP contribution in [0.15, 0.2) is 29.3 Å². The molecule has 0 amide bonds. The minimum atomic E-state index is -0.0763. The molecule has 1 aliphatic heterocycles. The van der Waals surface area contributed by atoms with Crippen LogP contribution in [0.3, 0.4) is 0 Å². The molecule has 0 aromatic heterocycles. The van der Waals surface area contributed by atoms with Gasteiger partial charge in [0.1, 0.15) is 5.75 Å². The molecule has 1 aliphatic rings. The topological polar surface area (TPSA) is 104 Å². The van der Waals surface area contributed by atoms with Crippen molar-refractivity contribution < 1.29 is 4.74 Å². The fourth-order valence-corrected chi connectivity index (χ4v) is 2.16. The van der Waals surface area contributed by atoms with E-state index in [0.717, 1.165) is 37.6 Å². The molecular weight excluding hydrogens is 256 g/mol. The summed E-state index contributed by atoms with van der Waals surface area (Å²) in [6.07, 6.45) is 0. The summed E-state index contributed by atoms with van der Waals surface area (Å²) in [5, 5.41) is 7.78. The number of nitrogens with zero attached hydrogens (tertiary/aromatic N) is 3. The van der Waals surface area contributed by atoms with Gasteiger partial charge in [-0.1, -0.05) is 0 Å². The zero-order chi connectivity index (χ0) is 14.5. The van der Waals surface area contributed by atoms with Gasteiger partial charge in [0.25, 0.3) is 0 Å². The van der Waals surface area contributed by atoms with Gasteiger partial charge in [-0.2, -0.15) is 4.99 Å². The third kappa shape index (κ3) is 3.31. The summed E-state index contributed by atoms with van der Waals surface area (Å²) in [4.78, 5) is 7.89. The van der Waals surface area contributed by atoms with Crippen molar-refractivity contribution >= 4 is 17.6 Å². The van der Waals surface area contributed by atoms with Crippen molar-refractivity contribution in [2.45, 2.75) is 0 Å². The van der Waals surface area contributed by atoms with E-state index in [9.17, 15) is 0 Å². The molecule has 7 nitrogen and oxygen atoms in total. The maximum atomic E-state index is 7.78. The molecule has 0 radical (unpaired) electrons. The normalized spacial score (nSPS) is 14.8. The van der Waals surface area contributed by atoms with Crippen LogP contribution in [0.2, 0.25) is 0 Å². The third-order valence-electron chi connectivity index (χ3n) is 3.25. The molecule has 1 aromatic rings. The van der Waals surface area contributed by atoms with Gasteiger partial charge in [0.05, 0.1) is 7.11 Å². The van der Waals surface area contributed by atoms with Crippen LogP contribution < -0.4 is 21.1 Å². The zero-order valence-corrected chi connectivity index (χ0v) is 11.5. The predicted octanol–water partition coefficient (Wildman–Crippen LogP) is 0.0254. The summed E-state index contributed by atoms with van der Waals surface area (Å²) in [7, 11) is 1.66. The van der Waals surface area contributed by atoms with Crippen molar-refractivity contribution in [3.63, 3.8) is 0 Å². The highest BCUT2D eigenvalue weighted by Crippen LogP contribution is 2.20. The molecule has 0 saturated carbocycles. The van der Waals surface area contributed by atoms with Crippen LogP contribution in [0, 0.1) is 5.41 Å². The van der Waals surface area contributed by atoms with Crippen molar-refractivity contribution in [3.05, 3.63) is 24.3 Å². The van der Waals surface area contributed by atoms with Gasteiger partial charge in [0.15, 0.2) is 5.96 Å². The van der Waals surface area contributed by atoms with E-state index in [4.69, 9.17) is 21.6 Å². The number of nitrogens with two attached hydrogens (primary N) is 2. The Labute approximate surface area is 118 Å². The average molecular weight is 276 g/mol. The lowest BCUT2D eigenvalue weighted by Crippen LogP contribution is -2.48. The Morgan fingerprint density at radius 2 is 1.75 bits per heavy atom. The predicted molar refractivity (Wildman–Crippen MR) is 80.3 cm³/mol. The third-order valence-corrected chi connectivity index (χ3v) is 3.25. The molecule has 108 valence electrons. The maximum absolute atomic E-state index is 7.78. The van der Waals surface area contributed by atoms with Crippen molar-refractivity contribution in [1.82, 2.24) is 4.90 Å². The quantitative estimate of drug-likeness (QED) is 0.522. The lowest BCUT2D eigenvalue weighted by atomic mass is 10.2. The summed E-state index contributed by atoms with van der Waals surface area (Å²) in [5.74, 6) is 0.897. The van der Waals surface area contributed by atoms with Crippen LogP contribution in [-0.2, 0) is 0 Å². The van der Waals surface area contributed by atoms with E-state index in [0.29, 0.717) is 0 Å². The summed E-state index contributed by atoms with van der Waals surface area (Å²) in [6, 6.07) is 7.97. The summed E-state index contributed by atoms with van der Waals surface area (Å²) in [5.41, 5.74) is 11.7. The summed E-state index contributed by atoms with van der Waals surface area (Å²) < 4.78 is 5.15. The highest BCUT2D eigenvalue weighted by molar-refractivity contribution is 5.91. The van der Waals surface area contributed by atoms with Crippen LogP contribution in [0.1, 0.15) is 0 Å². The number of aliphatic imine (C=N–C) groups is 1. The van der Waals surface area contributed by atoms with E-state index in [2.05, 4.69) is 9.89 Å². The van der Waals surface area contributed by atoms with Gasteiger partial charge < -0.3 is 26.0 Å². The van der Waals surface area contributed by atoms with E-state index >= 15 is 0 Å². The van der Waals surface area contributed by atoms with Crippen LogP contribution in [0.5, 0.6) is 5.75 Å². The first-order chi connectivity index (χ1) is 9.60. The summed E-state index contributed by atoms with van der Waals surface area (Å²) in [6.45, 7) is 3.10. The number of anilines is 1. The van der Waals surface area contributed by atoms with Crippen LogP contribution >= 0.6 is 0 Å². The SMILES string of the molecule is COc1ccc(N2CCN(C(=N)N=C(N)N)CC2)cc1. The number of hydrogen-bond acceptors (Lipinski definition) is 3. The van der Waals surface area contributed by atoms with E-state index in [1.165, 1.54) is 0 Å². The first-order valence-electron chi connectivity index (χ1n) is 6.42. The highest BCUT2D eigenvalue weighted by Gasteiger charge is 2.19. The molecule has 2 rings (SSSR count). The number of ether oxygens (including phenoxy) is 1. The fourth-order valence-electron chi connectivity index (χ4n) is 2.16. The Kier molecular flexibility index (Phi) is 4.29. The molecule has 0 spiro atoms. The molecule has 1 aromatic carbocycles. The number of piperazine rings is 1. The molecule has 0 bridgehead atoms. The Hall–Kier alpha value is -2.44. The van der Waals surface area contributed by atoms with Gasteiger partial charge in [-0.05, 0) is 24.3 Å². The minimum absolute atomic E-state index is 0.0763. The first-order valence-corrected chi connectivity index (χ1v) is 6.42. The van der Waals surface area contributed by atoms with Gasteiger partial charge in [-0.3, -0.25) is 5.41 Å². The molecule has 7 heteroatoms. The number of methoxy groups -OCH3 is 1. The number of guanidine groups is 2. The van der Waals surface area contributed by atoms with E-state index in [1.54, 1.807) is 7.11 Å². The van der Waals surface area contributed by atoms with E-state index in [-0.39, 0.29) is 11.9 Å². The Morgan fingerprint density at radius 1 is 1.15 bits per heavy atom. The molecule has 1 heterocycles. The van der Waals surface area contributed by atoms with E-state index < -0.39 is 0 Å². The smallest absolute Gasteiger partial charge is 0.221 e. The second-order valence-corrected chi connectivity index (χ2v) is 4.53. The molecule has 1 saturated heterocycles. The number of rotatable bonds is 2. The van der Waals surface area contributed by atoms with Crippen LogP contribution in [0.25, 0.3) is 0 Å². The second kappa shape index (κ2) is 6.14. The van der Waals surface area contributed by atoms with E-state index in [1.807, 2.05) is 29.2 Å². The van der Waals surface area contributed by atoms with Crippen molar-refractivity contribution in [3.8, 4) is 5.75 Å². The maximum Gasteiger partial charge on any atom is 0.221 e. The molecule has 20 heavy (non-hydrogen) atoms. The highest BCUT2D eigenvalue weighted by atomic mass is 16.5.